The van der Waals surface area contributed by atoms with Gasteiger partial charge in [0, 0.05) is 43.8 Å². The van der Waals surface area contributed by atoms with Crippen molar-refractivity contribution < 1.29 is 9.47 Å². The summed E-state index contributed by atoms with van der Waals surface area (Å²) < 4.78 is 10.8. The van der Waals surface area contributed by atoms with Gasteiger partial charge in [-0.2, -0.15) is 0 Å². The molecule has 2 rings (SSSR count). The van der Waals surface area contributed by atoms with Crippen LogP contribution in [-0.4, -0.2) is 26.6 Å². The van der Waals surface area contributed by atoms with Crippen LogP contribution in [0.1, 0.15) is 30.9 Å². The van der Waals surface area contributed by atoms with Crippen LogP contribution in [0.5, 0.6) is 0 Å². The van der Waals surface area contributed by atoms with E-state index in [-0.39, 0.29) is 6.10 Å². The first kappa shape index (κ1) is 22.9. The van der Waals surface area contributed by atoms with Crippen molar-refractivity contribution in [1.29, 1.82) is 0 Å². The molecule has 0 fully saturated rings. The highest BCUT2D eigenvalue weighted by atomic mass is 32.2. The van der Waals surface area contributed by atoms with Crippen LogP contribution in [-0.2, 0) is 9.47 Å². The number of methoxy groups -OCH3 is 2. The first-order chi connectivity index (χ1) is 14.3. The molecule has 29 heavy (non-hydrogen) atoms. The highest BCUT2D eigenvalue weighted by Crippen LogP contribution is 2.24. The van der Waals surface area contributed by atoms with Gasteiger partial charge in [-0.15, -0.1) is 11.8 Å². The van der Waals surface area contributed by atoms with Gasteiger partial charge in [-0.05, 0) is 30.5 Å². The minimum Gasteiger partial charge on any atom is -0.385 e. The van der Waals surface area contributed by atoms with E-state index in [1.54, 1.807) is 26.0 Å². The molecule has 150 valence electrons. The third kappa shape index (κ3) is 9.07. The molecule has 0 aliphatic heterocycles. The van der Waals surface area contributed by atoms with Crippen LogP contribution < -0.4 is 0 Å². The van der Waals surface area contributed by atoms with Gasteiger partial charge in [0.05, 0.1) is 5.75 Å². The fourth-order valence-corrected chi connectivity index (χ4v) is 3.35. The molecule has 1 unspecified atom stereocenters. The van der Waals surface area contributed by atoms with E-state index in [4.69, 9.17) is 9.47 Å². The van der Waals surface area contributed by atoms with Gasteiger partial charge in [0.1, 0.15) is 6.10 Å². The zero-order valence-electron chi connectivity index (χ0n) is 17.2. The van der Waals surface area contributed by atoms with Crippen LogP contribution >= 0.6 is 11.8 Å². The third-order valence-electron chi connectivity index (χ3n) is 4.14. The van der Waals surface area contributed by atoms with Gasteiger partial charge in [-0.25, -0.2) is 0 Å². The van der Waals surface area contributed by atoms with Gasteiger partial charge >= 0.3 is 0 Å². The molecule has 0 saturated heterocycles. The Labute approximate surface area is 179 Å². The van der Waals surface area contributed by atoms with E-state index < -0.39 is 0 Å². The first-order valence-corrected chi connectivity index (χ1v) is 10.8. The molecule has 0 N–H and O–H groups in total. The number of allylic oxidation sites excluding steroid dienone is 1. The summed E-state index contributed by atoms with van der Waals surface area (Å²) in [6.07, 6.45) is 4.57. The average molecular weight is 405 g/mol. The predicted molar refractivity (Wildman–Crippen MR) is 123 cm³/mol. The summed E-state index contributed by atoms with van der Waals surface area (Å²) in [6.45, 7) is 0.777. The molecule has 0 spiro atoms. The monoisotopic (exact) mass is 404 g/mol. The Kier molecular flexibility index (Phi) is 11.5. The summed E-state index contributed by atoms with van der Waals surface area (Å²) in [7, 11) is 3.44. The number of benzene rings is 2. The maximum atomic E-state index is 5.76. The van der Waals surface area contributed by atoms with Crippen LogP contribution in [0.15, 0.2) is 77.2 Å². The molecule has 0 radical (unpaired) electrons. The molecule has 3 heteroatoms. The number of hydrogen-bond donors (Lipinski definition) is 0. The highest BCUT2D eigenvalue weighted by molar-refractivity contribution is 7.99. The lowest BCUT2D eigenvalue weighted by molar-refractivity contribution is 0.137. The van der Waals surface area contributed by atoms with E-state index in [2.05, 4.69) is 47.9 Å². The number of unbranched alkanes of at least 4 members (excludes halogenated alkanes) is 2. The van der Waals surface area contributed by atoms with Crippen LogP contribution in [0, 0.1) is 23.7 Å². The van der Waals surface area contributed by atoms with E-state index in [0.717, 1.165) is 42.8 Å². The Bertz CT molecular complexity index is 852. The number of hydrogen-bond acceptors (Lipinski definition) is 3. The minimum atomic E-state index is -0.209. The van der Waals surface area contributed by atoms with Crippen LogP contribution in [0.3, 0.4) is 0 Å². The summed E-state index contributed by atoms with van der Waals surface area (Å²) in [6, 6.07) is 20.4. The molecule has 0 aliphatic carbocycles. The molecule has 0 saturated carbocycles. The number of thioether (sulfide) groups is 1. The molecular formula is C26H28O2S. The smallest absolute Gasteiger partial charge is 0.116 e. The SMILES string of the molecule is COCCCCC#C/C(=C\C#CCSc1ccccc1)C(OC)c1ccccc1. The first-order valence-electron chi connectivity index (χ1n) is 9.77. The standard InChI is InChI=1S/C26H28O2S/c1-27-21-13-4-3-7-15-24(26(28-2)23-16-8-5-9-17-23)18-12-14-22-29-25-19-10-6-11-20-25/h5-6,8-11,16-20,26H,3-4,13,21-22H2,1-2H3/b24-18+. The molecule has 0 aromatic heterocycles. The van der Waals surface area contributed by atoms with Gasteiger partial charge < -0.3 is 9.47 Å². The molecular weight excluding hydrogens is 376 g/mol. The van der Waals surface area contributed by atoms with Crippen molar-refractivity contribution in [1.82, 2.24) is 0 Å². The fraction of sp³-hybridized carbons (Fsp3) is 0.308. The largest absolute Gasteiger partial charge is 0.385 e. The topological polar surface area (TPSA) is 18.5 Å². The predicted octanol–water partition coefficient (Wildman–Crippen LogP) is 5.92. The molecule has 2 aromatic carbocycles. The zero-order valence-corrected chi connectivity index (χ0v) is 18.0. The molecule has 2 nitrogen and oxygen atoms in total. The lowest BCUT2D eigenvalue weighted by Crippen LogP contribution is -2.04. The van der Waals surface area contributed by atoms with Gasteiger partial charge in [0.25, 0.3) is 0 Å². The number of rotatable bonds is 9. The quantitative estimate of drug-likeness (QED) is 0.294. The molecule has 1 atom stereocenters. The zero-order chi connectivity index (χ0) is 20.6. The maximum absolute atomic E-state index is 5.76. The lowest BCUT2D eigenvalue weighted by Gasteiger charge is -2.15. The Morgan fingerprint density at radius 3 is 2.38 bits per heavy atom. The second-order valence-electron chi connectivity index (χ2n) is 6.30. The fourth-order valence-electron chi connectivity index (χ4n) is 2.68. The van der Waals surface area contributed by atoms with Crippen LogP contribution in [0.2, 0.25) is 0 Å². The van der Waals surface area contributed by atoms with Crippen molar-refractivity contribution in [3.63, 3.8) is 0 Å². The second-order valence-corrected chi connectivity index (χ2v) is 7.35. The van der Waals surface area contributed by atoms with Crippen LogP contribution in [0.4, 0.5) is 0 Å². The van der Waals surface area contributed by atoms with Crippen molar-refractivity contribution >= 4 is 11.8 Å². The van der Waals surface area contributed by atoms with Crippen molar-refractivity contribution in [3.05, 3.63) is 77.9 Å². The normalized spacial score (nSPS) is 11.7. The average Bonchev–Trinajstić information content (AvgIpc) is 2.77. The van der Waals surface area contributed by atoms with Gasteiger partial charge in [0.15, 0.2) is 0 Å². The molecule has 0 aliphatic rings. The Morgan fingerprint density at radius 1 is 0.966 bits per heavy atom. The van der Waals surface area contributed by atoms with E-state index in [1.165, 1.54) is 4.90 Å². The van der Waals surface area contributed by atoms with E-state index >= 15 is 0 Å². The van der Waals surface area contributed by atoms with Gasteiger partial charge in [-0.3, -0.25) is 0 Å². The molecule has 0 heterocycles. The summed E-state index contributed by atoms with van der Waals surface area (Å²) in [4.78, 5) is 1.22. The van der Waals surface area contributed by atoms with Crippen molar-refractivity contribution in [2.75, 3.05) is 26.6 Å². The molecule has 2 aromatic rings. The van der Waals surface area contributed by atoms with Crippen molar-refractivity contribution in [2.45, 2.75) is 30.3 Å². The van der Waals surface area contributed by atoms with Crippen molar-refractivity contribution in [2.24, 2.45) is 0 Å². The lowest BCUT2D eigenvalue weighted by atomic mass is 10.0. The van der Waals surface area contributed by atoms with E-state index in [9.17, 15) is 0 Å². The third-order valence-corrected chi connectivity index (χ3v) is 5.03. The Hall–Kier alpha value is -2.43. The minimum absolute atomic E-state index is 0.209. The molecule has 0 bridgehead atoms. The second kappa shape index (κ2) is 14.6. The Balaban J connectivity index is 2.08. The van der Waals surface area contributed by atoms with E-state index in [0.29, 0.717) is 0 Å². The summed E-state index contributed by atoms with van der Waals surface area (Å²) in [5, 5.41) is 0. The summed E-state index contributed by atoms with van der Waals surface area (Å²) >= 11 is 1.73. The van der Waals surface area contributed by atoms with E-state index in [1.807, 2.05) is 42.5 Å². The van der Waals surface area contributed by atoms with Crippen molar-refractivity contribution in [3.8, 4) is 23.7 Å². The number of ether oxygens (including phenoxy) is 2. The Morgan fingerprint density at radius 2 is 1.69 bits per heavy atom. The highest BCUT2D eigenvalue weighted by Gasteiger charge is 2.13. The summed E-state index contributed by atoms with van der Waals surface area (Å²) in [5.41, 5.74) is 1.97. The van der Waals surface area contributed by atoms with Gasteiger partial charge in [-0.1, -0.05) is 72.2 Å². The molecule has 0 amide bonds. The maximum Gasteiger partial charge on any atom is 0.116 e. The van der Waals surface area contributed by atoms with Crippen LogP contribution in [0.25, 0.3) is 0 Å². The van der Waals surface area contributed by atoms with Gasteiger partial charge in [0.2, 0.25) is 0 Å². The summed E-state index contributed by atoms with van der Waals surface area (Å²) in [5.74, 6) is 13.7.